The molecule has 2 fully saturated rings. The maximum Gasteiger partial charge on any atom is 0.240 e. The third kappa shape index (κ3) is 6.18. The highest BCUT2D eigenvalue weighted by Gasteiger charge is 2.25. The Bertz CT molecular complexity index is 808. The largest absolute Gasteiger partial charge is 0.379 e. The van der Waals surface area contributed by atoms with Crippen LogP contribution in [0.4, 0.5) is 8.78 Å². The zero-order valence-electron chi connectivity index (χ0n) is 16.3. The third-order valence-corrected chi connectivity index (χ3v) is 6.88. The van der Waals surface area contributed by atoms with Gasteiger partial charge in [0, 0.05) is 45.7 Å². The van der Waals surface area contributed by atoms with Crippen molar-refractivity contribution in [2.75, 3.05) is 52.5 Å². The van der Waals surface area contributed by atoms with E-state index < -0.39 is 21.7 Å². The van der Waals surface area contributed by atoms with E-state index in [4.69, 9.17) is 4.74 Å². The number of nitrogens with one attached hydrogen (secondary N) is 1. The Morgan fingerprint density at radius 3 is 2.45 bits per heavy atom. The third-order valence-electron chi connectivity index (χ3n) is 5.42. The van der Waals surface area contributed by atoms with Crippen LogP contribution >= 0.6 is 0 Å². The number of rotatable bonds is 7. The summed E-state index contributed by atoms with van der Waals surface area (Å²) in [6, 6.07) is 2.37. The van der Waals surface area contributed by atoms with E-state index in [-0.39, 0.29) is 23.8 Å². The van der Waals surface area contributed by atoms with Gasteiger partial charge in [-0.3, -0.25) is 9.69 Å². The summed E-state index contributed by atoms with van der Waals surface area (Å²) < 4.78 is 58.1. The molecule has 1 aromatic carbocycles. The first-order valence-corrected chi connectivity index (χ1v) is 11.4. The number of piperidine rings is 1. The van der Waals surface area contributed by atoms with E-state index in [2.05, 4.69) is 9.62 Å². The molecule has 7 nitrogen and oxygen atoms in total. The second-order valence-electron chi connectivity index (χ2n) is 7.46. The molecule has 1 amide bonds. The van der Waals surface area contributed by atoms with Gasteiger partial charge in [0.1, 0.15) is 0 Å². The summed E-state index contributed by atoms with van der Waals surface area (Å²) in [5.74, 6) is -1.90. The van der Waals surface area contributed by atoms with Crippen LogP contribution in [0.2, 0.25) is 0 Å². The molecule has 0 spiro atoms. The molecule has 3 rings (SSSR count). The van der Waals surface area contributed by atoms with Crippen molar-refractivity contribution in [3.8, 4) is 0 Å². The molecule has 2 aliphatic rings. The molecule has 0 aromatic heterocycles. The Morgan fingerprint density at radius 2 is 1.79 bits per heavy atom. The second kappa shape index (κ2) is 9.92. The van der Waals surface area contributed by atoms with Crippen LogP contribution in [-0.4, -0.2) is 76.6 Å². The average molecular weight is 432 g/mol. The van der Waals surface area contributed by atoms with E-state index in [1.54, 1.807) is 4.90 Å². The van der Waals surface area contributed by atoms with Gasteiger partial charge in [0.25, 0.3) is 0 Å². The molecule has 29 heavy (non-hydrogen) atoms. The number of carbonyl (C=O) groups is 1. The Hall–Kier alpha value is -1.62. The van der Waals surface area contributed by atoms with Crippen LogP contribution in [0.15, 0.2) is 23.1 Å². The van der Waals surface area contributed by atoms with Gasteiger partial charge in [-0.1, -0.05) is 0 Å². The van der Waals surface area contributed by atoms with Crippen molar-refractivity contribution in [2.24, 2.45) is 5.92 Å². The van der Waals surface area contributed by atoms with Crippen molar-refractivity contribution >= 4 is 15.9 Å². The van der Waals surface area contributed by atoms with Gasteiger partial charge in [0.2, 0.25) is 15.9 Å². The molecular formula is C19H27F2N3O4S. The summed E-state index contributed by atoms with van der Waals surface area (Å²) in [6.07, 6.45) is 1.89. The Kier molecular flexibility index (Phi) is 7.55. The molecule has 0 bridgehead atoms. The maximum absolute atomic E-state index is 13.2. The van der Waals surface area contributed by atoms with Crippen LogP contribution in [0, 0.1) is 17.6 Å². The van der Waals surface area contributed by atoms with E-state index in [0.29, 0.717) is 25.1 Å². The van der Waals surface area contributed by atoms with E-state index in [0.717, 1.165) is 57.8 Å². The summed E-state index contributed by atoms with van der Waals surface area (Å²) in [6.45, 7) is 5.74. The minimum atomic E-state index is -3.99. The van der Waals surface area contributed by atoms with Gasteiger partial charge >= 0.3 is 0 Å². The molecule has 0 atom stereocenters. The molecular weight excluding hydrogens is 404 g/mol. The summed E-state index contributed by atoms with van der Waals surface area (Å²) >= 11 is 0. The summed E-state index contributed by atoms with van der Waals surface area (Å²) in [7, 11) is -3.99. The lowest BCUT2D eigenvalue weighted by Crippen LogP contribution is -2.44. The molecule has 10 heteroatoms. The smallest absolute Gasteiger partial charge is 0.240 e. The molecule has 0 radical (unpaired) electrons. The monoisotopic (exact) mass is 431 g/mol. The summed E-state index contributed by atoms with van der Waals surface area (Å²) in [4.78, 5) is 16.2. The van der Waals surface area contributed by atoms with Crippen molar-refractivity contribution in [3.63, 3.8) is 0 Å². The Balaban J connectivity index is 1.40. The summed E-state index contributed by atoms with van der Waals surface area (Å²) in [5, 5.41) is 0. The van der Waals surface area contributed by atoms with Crippen molar-refractivity contribution in [1.82, 2.24) is 14.5 Å². The highest BCUT2D eigenvalue weighted by molar-refractivity contribution is 7.89. The van der Waals surface area contributed by atoms with Gasteiger partial charge in [-0.25, -0.2) is 21.9 Å². The Morgan fingerprint density at radius 1 is 1.10 bits per heavy atom. The number of hydrogen-bond acceptors (Lipinski definition) is 5. The first-order valence-electron chi connectivity index (χ1n) is 9.88. The molecule has 0 saturated carbocycles. The molecule has 2 heterocycles. The second-order valence-corrected chi connectivity index (χ2v) is 9.23. The standard InChI is InChI=1S/C19H27F2N3O4S/c20-17-2-1-16(13-18(17)21)29(26,27)22-6-3-19(25)24-7-4-15(5-8-24)14-23-9-11-28-12-10-23/h1-2,13,15,22H,3-12,14H2. The number of benzene rings is 1. The number of ether oxygens (including phenoxy) is 1. The SMILES string of the molecule is O=C(CCNS(=O)(=O)c1ccc(F)c(F)c1)N1CCC(CN2CCOCC2)CC1. The summed E-state index contributed by atoms with van der Waals surface area (Å²) in [5.41, 5.74) is 0. The number of nitrogens with zero attached hydrogens (tertiary/aromatic N) is 2. The van der Waals surface area contributed by atoms with Gasteiger partial charge in [-0.2, -0.15) is 0 Å². The molecule has 0 unspecified atom stereocenters. The van der Waals surface area contributed by atoms with E-state index in [9.17, 15) is 22.0 Å². The van der Waals surface area contributed by atoms with Gasteiger partial charge in [0.15, 0.2) is 11.6 Å². The molecule has 162 valence electrons. The zero-order valence-corrected chi connectivity index (χ0v) is 17.1. The Labute approximate surface area is 170 Å². The molecule has 2 aliphatic heterocycles. The van der Waals surface area contributed by atoms with E-state index in [1.165, 1.54) is 0 Å². The van der Waals surface area contributed by atoms with Crippen LogP contribution in [0.5, 0.6) is 0 Å². The predicted molar refractivity (Wildman–Crippen MR) is 103 cm³/mol. The molecule has 0 aliphatic carbocycles. The number of morpholine rings is 1. The normalized spacial score (nSPS) is 19.4. The highest BCUT2D eigenvalue weighted by Crippen LogP contribution is 2.20. The number of hydrogen-bond donors (Lipinski definition) is 1. The fraction of sp³-hybridized carbons (Fsp3) is 0.632. The number of halogens is 2. The van der Waals surface area contributed by atoms with Gasteiger partial charge < -0.3 is 9.64 Å². The number of carbonyl (C=O) groups excluding carboxylic acids is 1. The fourth-order valence-corrected chi connectivity index (χ4v) is 4.73. The topological polar surface area (TPSA) is 79.0 Å². The lowest BCUT2D eigenvalue weighted by molar-refractivity contribution is -0.132. The number of sulfonamides is 1. The van der Waals surface area contributed by atoms with E-state index >= 15 is 0 Å². The molecule has 1 aromatic rings. The van der Waals surface area contributed by atoms with Crippen molar-refractivity contribution in [2.45, 2.75) is 24.2 Å². The number of likely N-dealkylation sites (tertiary alicyclic amines) is 1. The van der Waals surface area contributed by atoms with Crippen LogP contribution in [0.25, 0.3) is 0 Å². The minimum absolute atomic E-state index is 0.0248. The van der Waals surface area contributed by atoms with Crippen molar-refractivity contribution in [1.29, 1.82) is 0 Å². The average Bonchev–Trinajstić information content (AvgIpc) is 2.71. The maximum atomic E-state index is 13.2. The molecule has 2 saturated heterocycles. The van der Waals surface area contributed by atoms with Gasteiger partial charge in [0.05, 0.1) is 18.1 Å². The first-order chi connectivity index (χ1) is 13.8. The minimum Gasteiger partial charge on any atom is -0.379 e. The van der Waals surface area contributed by atoms with Crippen molar-refractivity contribution < 1.29 is 26.7 Å². The molecule has 1 N–H and O–H groups in total. The zero-order chi connectivity index (χ0) is 20.9. The lowest BCUT2D eigenvalue weighted by atomic mass is 9.96. The van der Waals surface area contributed by atoms with Crippen LogP contribution in [0.1, 0.15) is 19.3 Å². The van der Waals surface area contributed by atoms with Gasteiger partial charge in [-0.15, -0.1) is 0 Å². The predicted octanol–water partition coefficient (Wildman–Crippen LogP) is 1.20. The van der Waals surface area contributed by atoms with Gasteiger partial charge in [-0.05, 0) is 37.0 Å². The lowest BCUT2D eigenvalue weighted by Gasteiger charge is -2.36. The van der Waals surface area contributed by atoms with E-state index in [1.807, 2.05) is 0 Å². The highest BCUT2D eigenvalue weighted by atomic mass is 32.2. The van der Waals surface area contributed by atoms with Crippen LogP contribution < -0.4 is 4.72 Å². The first kappa shape index (κ1) is 22.1. The van der Waals surface area contributed by atoms with Crippen LogP contribution in [-0.2, 0) is 19.6 Å². The van der Waals surface area contributed by atoms with Crippen molar-refractivity contribution in [3.05, 3.63) is 29.8 Å². The fourth-order valence-electron chi connectivity index (χ4n) is 3.69. The quantitative estimate of drug-likeness (QED) is 0.702. The number of amides is 1. The van der Waals surface area contributed by atoms with Crippen LogP contribution in [0.3, 0.4) is 0 Å².